The summed E-state index contributed by atoms with van der Waals surface area (Å²) in [6.07, 6.45) is 3.68. The molecule has 2 aromatic heterocycles. The molecule has 1 amide bonds. The Morgan fingerprint density at radius 3 is 2.76 bits per heavy atom. The van der Waals surface area contributed by atoms with E-state index in [1.807, 2.05) is 4.57 Å². The number of piperidine rings is 1. The van der Waals surface area contributed by atoms with E-state index in [1.54, 1.807) is 30.2 Å². The second-order valence-electron chi connectivity index (χ2n) is 8.72. The van der Waals surface area contributed by atoms with Crippen molar-refractivity contribution in [1.82, 2.24) is 29.4 Å². The van der Waals surface area contributed by atoms with Gasteiger partial charge in [0.15, 0.2) is 0 Å². The van der Waals surface area contributed by atoms with E-state index in [0.717, 1.165) is 37.1 Å². The Morgan fingerprint density at radius 1 is 1.24 bits per heavy atom. The van der Waals surface area contributed by atoms with Crippen molar-refractivity contribution in [2.75, 3.05) is 26.8 Å². The summed E-state index contributed by atoms with van der Waals surface area (Å²) in [6.45, 7) is 1.97. The minimum Gasteiger partial charge on any atom is -0.383 e. The molecule has 1 saturated heterocycles. The number of hydrogen-bond acceptors (Lipinski definition) is 5. The van der Waals surface area contributed by atoms with Crippen LogP contribution in [0, 0.1) is 5.82 Å². The summed E-state index contributed by atoms with van der Waals surface area (Å²) in [7, 11) is 1.60. The maximum atomic E-state index is 13.2. The van der Waals surface area contributed by atoms with Gasteiger partial charge in [0, 0.05) is 37.7 Å². The number of benzene rings is 1. The van der Waals surface area contributed by atoms with Crippen LogP contribution in [0.1, 0.15) is 54.0 Å². The third-order valence-corrected chi connectivity index (χ3v) is 6.34. The number of likely N-dealkylation sites (tertiary alicyclic amines) is 1. The first-order chi connectivity index (χ1) is 16.0. The molecule has 3 heterocycles. The second-order valence-corrected chi connectivity index (χ2v) is 8.72. The van der Waals surface area contributed by atoms with Gasteiger partial charge in [-0.15, -0.1) is 0 Å². The molecule has 1 aliphatic carbocycles. The molecule has 2 fully saturated rings. The molecular weight excluding hydrogens is 427 g/mol. The number of carbonyl (C=O) groups excluding carboxylic acids is 1. The van der Waals surface area contributed by atoms with Crippen LogP contribution in [0.3, 0.4) is 0 Å². The molecule has 2 aliphatic rings. The van der Waals surface area contributed by atoms with E-state index in [-0.39, 0.29) is 29.4 Å². The number of aromatic amines is 1. The van der Waals surface area contributed by atoms with Gasteiger partial charge in [-0.05, 0) is 56.0 Å². The lowest BCUT2D eigenvalue weighted by molar-refractivity contribution is 0.0697. The average molecular weight is 455 g/mol. The monoisotopic (exact) mass is 454 g/mol. The molecule has 1 aliphatic heterocycles. The molecule has 3 aromatic rings. The fourth-order valence-electron chi connectivity index (χ4n) is 4.46. The summed E-state index contributed by atoms with van der Waals surface area (Å²) < 4.78 is 21.6. The molecule has 9 nitrogen and oxygen atoms in total. The number of aromatic nitrogens is 5. The number of hydrogen-bond donors (Lipinski definition) is 1. The summed E-state index contributed by atoms with van der Waals surface area (Å²) in [5, 5.41) is 11.7. The Morgan fingerprint density at radius 2 is 2.03 bits per heavy atom. The van der Waals surface area contributed by atoms with Crippen LogP contribution in [-0.4, -0.2) is 62.2 Å². The third-order valence-electron chi connectivity index (χ3n) is 6.34. The van der Waals surface area contributed by atoms with Crippen LogP contribution >= 0.6 is 0 Å². The van der Waals surface area contributed by atoms with Gasteiger partial charge in [0.2, 0.25) is 0 Å². The molecule has 0 radical (unpaired) electrons. The highest BCUT2D eigenvalue weighted by atomic mass is 19.1. The fraction of sp³-hybridized carbons (Fsp3) is 0.478. The summed E-state index contributed by atoms with van der Waals surface area (Å²) in [5.74, 6) is 0.311. The van der Waals surface area contributed by atoms with Crippen molar-refractivity contribution in [3.8, 4) is 11.3 Å². The number of nitrogens with one attached hydrogen (secondary N) is 1. The van der Waals surface area contributed by atoms with Crippen LogP contribution in [-0.2, 0) is 11.3 Å². The number of carbonyl (C=O) groups is 1. The van der Waals surface area contributed by atoms with Gasteiger partial charge in [-0.3, -0.25) is 14.5 Å². The maximum Gasteiger partial charge on any atom is 0.346 e. The minimum atomic E-state index is -0.320. The molecule has 1 N–H and O–H groups in total. The zero-order valence-electron chi connectivity index (χ0n) is 18.5. The number of amides is 1. The molecule has 10 heteroatoms. The van der Waals surface area contributed by atoms with E-state index in [4.69, 9.17) is 4.74 Å². The molecule has 0 spiro atoms. The van der Waals surface area contributed by atoms with Crippen molar-refractivity contribution in [1.29, 1.82) is 0 Å². The van der Waals surface area contributed by atoms with Crippen LogP contribution in [0.25, 0.3) is 11.3 Å². The number of ether oxygens (including phenoxy) is 1. The number of halogens is 1. The van der Waals surface area contributed by atoms with E-state index >= 15 is 0 Å². The quantitative estimate of drug-likeness (QED) is 0.592. The fourth-order valence-corrected chi connectivity index (χ4v) is 4.46. The van der Waals surface area contributed by atoms with Crippen molar-refractivity contribution in [2.45, 2.75) is 44.2 Å². The number of H-pyrrole nitrogens is 1. The third kappa shape index (κ3) is 4.35. The van der Waals surface area contributed by atoms with Gasteiger partial charge < -0.3 is 9.64 Å². The topological polar surface area (TPSA) is 98.0 Å². The van der Waals surface area contributed by atoms with Gasteiger partial charge in [-0.2, -0.15) is 10.2 Å². The van der Waals surface area contributed by atoms with E-state index in [1.165, 1.54) is 16.8 Å². The molecule has 33 heavy (non-hydrogen) atoms. The van der Waals surface area contributed by atoms with Crippen molar-refractivity contribution >= 4 is 5.91 Å². The minimum absolute atomic E-state index is 0.000662. The summed E-state index contributed by atoms with van der Waals surface area (Å²) in [5.41, 5.74) is 1.62. The van der Waals surface area contributed by atoms with E-state index < -0.39 is 0 Å². The first-order valence-electron chi connectivity index (χ1n) is 11.3. The lowest BCUT2D eigenvalue weighted by Crippen LogP contribution is -2.40. The van der Waals surface area contributed by atoms with Crippen molar-refractivity contribution in [3.05, 3.63) is 58.2 Å². The van der Waals surface area contributed by atoms with Crippen LogP contribution in [0.4, 0.5) is 4.39 Å². The predicted octanol–water partition coefficient (Wildman–Crippen LogP) is 2.58. The van der Waals surface area contributed by atoms with Crippen molar-refractivity contribution in [3.63, 3.8) is 0 Å². The van der Waals surface area contributed by atoms with Gasteiger partial charge in [-0.1, -0.05) is 0 Å². The Hall–Kier alpha value is -3.27. The first-order valence-corrected chi connectivity index (χ1v) is 11.3. The average Bonchev–Trinajstić information content (AvgIpc) is 3.45. The lowest BCUT2D eigenvalue weighted by atomic mass is 9.96. The molecule has 1 saturated carbocycles. The summed E-state index contributed by atoms with van der Waals surface area (Å²) >= 11 is 0. The van der Waals surface area contributed by atoms with Gasteiger partial charge in [0.05, 0.1) is 18.8 Å². The van der Waals surface area contributed by atoms with Gasteiger partial charge in [-0.25, -0.2) is 13.9 Å². The highest BCUT2D eigenvalue weighted by Gasteiger charge is 2.35. The molecule has 0 bridgehead atoms. The Balaban J connectivity index is 1.35. The Labute approximate surface area is 190 Å². The molecule has 5 rings (SSSR count). The first kappa shape index (κ1) is 21.6. The molecular formula is C23H27FN6O3. The van der Waals surface area contributed by atoms with Crippen LogP contribution < -0.4 is 5.69 Å². The smallest absolute Gasteiger partial charge is 0.346 e. The van der Waals surface area contributed by atoms with E-state index in [0.29, 0.717) is 37.6 Å². The molecule has 1 aromatic carbocycles. The molecule has 1 atom stereocenters. The van der Waals surface area contributed by atoms with Crippen molar-refractivity contribution in [2.24, 2.45) is 0 Å². The highest BCUT2D eigenvalue weighted by Crippen LogP contribution is 2.37. The highest BCUT2D eigenvalue weighted by molar-refractivity contribution is 5.93. The summed E-state index contributed by atoms with van der Waals surface area (Å²) in [6, 6.07) is 7.90. The van der Waals surface area contributed by atoms with Crippen molar-refractivity contribution < 1.29 is 13.9 Å². The lowest BCUT2D eigenvalue weighted by Gasteiger charge is -2.32. The SMILES string of the molecule is COCCn1nc(C2CCCN(C(=O)c3cc(-c4ccc(F)cc4)n[nH]3)C2)n(C2CC2)c1=O. The predicted molar refractivity (Wildman–Crippen MR) is 118 cm³/mol. The Bertz CT molecular complexity index is 1190. The number of rotatable bonds is 7. The van der Waals surface area contributed by atoms with Gasteiger partial charge in [0.1, 0.15) is 17.3 Å². The van der Waals surface area contributed by atoms with E-state index in [9.17, 15) is 14.0 Å². The van der Waals surface area contributed by atoms with E-state index in [2.05, 4.69) is 15.3 Å². The zero-order valence-corrected chi connectivity index (χ0v) is 18.5. The van der Waals surface area contributed by atoms with Crippen LogP contribution in [0.5, 0.6) is 0 Å². The normalized spacial score (nSPS) is 18.6. The van der Waals surface area contributed by atoms with Gasteiger partial charge in [0.25, 0.3) is 5.91 Å². The number of methoxy groups -OCH3 is 1. The standard InChI is InChI=1S/C23H27FN6O3/c1-33-12-11-29-23(32)30(18-8-9-18)21(27-29)16-3-2-10-28(14-16)22(31)20-13-19(25-26-20)15-4-6-17(24)7-5-15/h4-7,13,16,18H,2-3,8-12,14H2,1H3,(H,25,26). The molecule has 1 unspecified atom stereocenters. The van der Waals surface area contributed by atoms with Crippen LogP contribution in [0.2, 0.25) is 0 Å². The molecule has 174 valence electrons. The Kier molecular flexibility index (Phi) is 5.84. The summed E-state index contributed by atoms with van der Waals surface area (Å²) in [4.78, 5) is 27.9. The van der Waals surface area contributed by atoms with Crippen LogP contribution in [0.15, 0.2) is 35.1 Å². The zero-order chi connectivity index (χ0) is 22.9. The largest absolute Gasteiger partial charge is 0.383 e. The van der Waals surface area contributed by atoms with Gasteiger partial charge >= 0.3 is 5.69 Å². The maximum absolute atomic E-state index is 13.2. The number of nitrogens with zero attached hydrogens (tertiary/aromatic N) is 5. The second kappa shape index (κ2) is 8.93.